The van der Waals surface area contributed by atoms with Gasteiger partial charge < -0.3 is 22.3 Å². The van der Waals surface area contributed by atoms with Gasteiger partial charge in [-0.25, -0.2) is 0 Å². The van der Waals surface area contributed by atoms with E-state index in [1.54, 1.807) is 0 Å². The average molecular weight is 413 g/mol. The summed E-state index contributed by atoms with van der Waals surface area (Å²) in [5, 5.41) is 9.38. The molecular formula is C22H44N4O3. The molecule has 0 aromatic rings. The number of nitrogens with zero attached hydrogens (tertiary/aromatic N) is 1. The first-order valence-electron chi connectivity index (χ1n) is 11.5. The molecular weight excluding hydrogens is 368 g/mol. The smallest absolute Gasteiger partial charge is 0.314 e. The normalized spacial score (nSPS) is 13.0. The topological polar surface area (TPSA) is 145 Å². The van der Waals surface area contributed by atoms with Crippen molar-refractivity contribution in [2.75, 3.05) is 6.54 Å². The predicted molar refractivity (Wildman–Crippen MR) is 120 cm³/mol. The third kappa shape index (κ3) is 15.9. The van der Waals surface area contributed by atoms with E-state index in [9.17, 15) is 14.7 Å². The number of carboxylic acid groups (broad SMARTS) is 1. The number of carbonyl (C=O) groups is 2. The molecule has 7 heteroatoms. The van der Waals surface area contributed by atoms with Gasteiger partial charge in [-0.1, -0.05) is 84.0 Å². The number of carboxylic acids is 1. The Morgan fingerprint density at radius 3 is 1.72 bits per heavy atom. The molecule has 0 aromatic heterocycles. The van der Waals surface area contributed by atoms with Gasteiger partial charge in [-0.05, 0) is 19.3 Å². The summed E-state index contributed by atoms with van der Waals surface area (Å²) in [6.45, 7) is 2.62. The number of aliphatic imine (C=N–C) groups is 1. The van der Waals surface area contributed by atoms with E-state index in [-0.39, 0.29) is 11.7 Å². The van der Waals surface area contributed by atoms with Gasteiger partial charge in [0.05, 0.1) is 6.04 Å². The molecule has 0 aliphatic rings. The van der Waals surface area contributed by atoms with Gasteiger partial charge in [-0.3, -0.25) is 14.6 Å². The maximum Gasteiger partial charge on any atom is 0.314 e. The van der Waals surface area contributed by atoms with E-state index >= 15 is 0 Å². The van der Waals surface area contributed by atoms with Gasteiger partial charge in [0, 0.05) is 6.54 Å². The summed E-state index contributed by atoms with van der Waals surface area (Å²) in [6, 6.07) is -0.775. The zero-order valence-electron chi connectivity index (χ0n) is 18.4. The number of aliphatic carboxylic acids is 1. The Kier molecular flexibility index (Phi) is 17.4. The molecule has 2 atom stereocenters. The highest BCUT2D eigenvalue weighted by Crippen LogP contribution is 2.17. The molecule has 0 saturated heterocycles. The van der Waals surface area contributed by atoms with Gasteiger partial charge in [0.15, 0.2) is 11.7 Å². The second-order valence-corrected chi connectivity index (χ2v) is 8.03. The van der Waals surface area contributed by atoms with Crippen molar-refractivity contribution in [1.82, 2.24) is 0 Å². The van der Waals surface area contributed by atoms with Gasteiger partial charge in [0.1, 0.15) is 5.92 Å². The molecule has 0 aliphatic carbocycles. The van der Waals surface area contributed by atoms with Crippen molar-refractivity contribution in [2.24, 2.45) is 28.1 Å². The summed E-state index contributed by atoms with van der Waals surface area (Å²) in [5.41, 5.74) is 16.4. The Hall–Kier alpha value is -1.63. The number of hydrogen-bond acceptors (Lipinski definition) is 4. The Labute approximate surface area is 176 Å². The standard InChI is InChI=1S/C22H44N4O3/c1-2-3-4-5-6-7-8-9-10-11-12-13-15-18(21(28)29)20(27)19(23)16-14-17-26-22(24)25/h18-19H,2-17,23H2,1H3,(H,28,29)(H4,24,25,26). The van der Waals surface area contributed by atoms with Crippen LogP contribution in [0.5, 0.6) is 0 Å². The monoisotopic (exact) mass is 412 g/mol. The first kappa shape index (κ1) is 27.4. The summed E-state index contributed by atoms with van der Waals surface area (Å²) in [7, 11) is 0. The van der Waals surface area contributed by atoms with E-state index in [1.165, 1.54) is 57.8 Å². The number of carbonyl (C=O) groups excluding carboxylic acids is 1. The molecule has 2 unspecified atom stereocenters. The number of nitrogens with two attached hydrogens (primary N) is 3. The minimum atomic E-state index is -1.07. The molecule has 29 heavy (non-hydrogen) atoms. The summed E-state index contributed by atoms with van der Waals surface area (Å²) in [5.74, 6) is -2.46. The molecule has 170 valence electrons. The van der Waals surface area contributed by atoms with Crippen molar-refractivity contribution in [3.63, 3.8) is 0 Å². The number of hydrogen-bond donors (Lipinski definition) is 4. The van der Waals surface area contributed by atoms with E-state index < -0.39 is 17.9 Å². The van der Waals surface area contributed by atoms with Crippen LogP contribution in [0.4, 0.5) is 0 Å². The molecule has 0 amide bonds. The van der Waals surface area contributed by atoms with Crippen molar-refractivity contribution in [3.8, 4) is 0 Å². The fourth-order valence-corrected chi connectivity index (χ4v) is 3.50. The van der Waals surface area contributed by atoms with Crippen LogP contribution in [0.2, 0.25) is 0 Å². The van der Waals surface area contributed by atoms with Crippen molar-refractivity contribution in [1.29, 1.82) is 0 Å². The van der Waals surface area contributed by atoms with Crippen LogP contribution < -0.4 is 17.2 Å². The fraction of sp³-hybridized carbons (Fsp3) is 0.864. The van der Waals surface area contributed by atoms with Gasteiger partial charge in [0.2, 0.25) is 0 Å². The van der Waals surface area contributed by atoms with E-state index in [0.717, 1.165) is 19.3 Å². The van der Waals surface area contributed by atoms with Crippen LogP contribution in [0.3, 0.4) is 0 Å². The minimum Gasteiger partial charge on any atom is -0.481 e. The Balaban J connectivity index is 3.86. The SMILES string of the molecule is CCCCCCCCCCCCCCC(C(=O)O)C(=O)C(N)CCCN=C(N)N. The molecule has 0 saturated carbocycles. The van der Waals surface area contributed by atoms with Crippen LogP contribution in [0.15, 0.2) is 4.99 Å². The average Bonchev–Trinajstić information content (AvgIpc) is 2.67. The molecule has 0 spiro atoms. The number of ketones is 1. The molecule has 0 bridgehead atoms. The molecule has 0 fully saturated rings. The van der Waals surface area contributed by atoms with Crippen molar-refractivity contribution >= 4 is 17.7 Å². The predicted octanol–water partition coefficient (Wildman–Crippen LogP) is 3.73. The minimum absolute atomic E-state index is 0.000263. The van der Waals surface area contributed by atoms with Gasteiger partial charge in [-0.2, -0.15) is 0 Å². The lowest BCUT2D eigenvalue weighted by atomic mass is 9.91. The quantitative estimate of drug-likeness (QED) is 0.104. The largest absolute Gasteiger partial charge is 0.481 e. The van der Waals surface area contributed by atoms with Crippen LogP contribution in [0.25, 0.3) is 0 Å². The summed E-state index contributed by atoms with van der Waals surface area (Å²) in [4.78, 5) is 27.7. The lowest BCUT2D eigenvalue weighted by Gasteiger charge is -2.16. The molecule has 7 nitrogen and oxygen atoms in total. The third-order valence-corrected chi connectivity index (χ3v) is 5.32. The zero-order chi connectivity index (χ0) is 21.9. The Bertz CT molecular complexity index is 465. The molecule has 0 rings (SSSR count). The number of unbranched alkanes of at least 4 members (excludes halogenated alkanes) is 11. The Morgan fingerprint density at radius 1 is 0.793 bits per heavy atom. The van der Waals surface area contributed by atoms with Crippen LogP contribution in [0, 0.1) is 5.92 Å². The van der Waals surface area contributed by atoms with Gasteiger partial charge >= 0.3 is 5.97 Å². The van der Waals surface area contributed by atoms with E-state index in [0.29, 0.717) is 25.8 Å². The second kappa shape index (κ2) is 18.4. The van der Waals surface area contributed by atoms with Gasteiger partial charge in [0.25, 0.3) is 0 Å². The second-order valence-electron chi connectivity index (χ2n) is 8.03. The summed E-state index contributed by atoms with van der Waals surface area (Å²) in [6.07, 6.45) is 15.9. The lowest BCUT2D eigenvalue weighted by molar-refractivity contribution is -0.147. The van der Waals surface area contributed by atoms with Crippen LogP contribution >= 0.6 is 0 Å². The lowest BCUT2D eigenvalue weighted by Crippen LogP contribution is -2.39. The molecule has 0 aromatic carbocycles. The van der Waals surface area contributed by atoms with E-state index in [1.807, 2.05) is 0 Å². The maximum absolute atomic E-state index is 12.4. The van der Waals surface area contributed by atoms with Crippen LogP contribution in [-0.4, -0.2) is 35.4 Å². The van der Waals surface area contributed by atoms with Crippen molar-refractivity contribution < 1.29 is 14.7 Å². The molecule has 0 radical (unpaired) electrons. The molecule has 0 heterocycles. The maximum atomic E-state index is 12.4. The first-order chi connectivity index (χ1) is 13.9. The Morgan fingerprint density at radius 2 is 1.28 bits per heavy atom. The number of Topliss-reactive ketones (excluding diaryl/α,β-unsaturated/α-hetero) is 1. The van der Waals surface area contributed by atoms with Crippen molar-refractivity contribution in [3.05, 3.63) is 0 Å². The highest BCUT2D eigenvalue weighted by molar-refractivity contribution is 6.00. The number of guanidine groups is 1. The zero-order valence-corrected chi connectivity index (χ0v) is 18.4. The van der Waals surface area contributed by atoms with Crippen LogP contribution in [0.1, 0.15) is 103 Å². The highest BCUT2D eigenvalue weighted by atomic mass is 16.4. The highest BCUT2D eigenvalue weighted by Gasteiger charge is 2.29. The summed E-state index contributed by atoms with van der Waals surface area (Å²) < 4.78 is 0. The third-order valence-electron chi connectivity index (χ3n) is 5.32. The number of rotatable bonds is 20. The van der Waals surface area contributed by atoms with Crippen molar-refractivity contribution in [2.45, 2.75) is 109 Å². The van der Waals surface area contributed by atoms with Gasteiger partial charge in [-0.15, -0.1) is 0 Å². The first-order valence-corrected chi connectivity index (χ1v) is 11.5. The fourth-order valence-electron chi connectivity index (χ4n) is 3.50. The molecule has 7 N–H and O–H groups in total. The van der Waals surface area contributed by atoms with E-state index in [4.69, 9.17) is 17.2 Å². The summed E-state index contributed by atoms with van der Waals surface area (Å²) >= 11 is 0. The van der Waals surface area contributed by atoms with Crippen LogP contribution in [-0.2, 0) is 9.59 Å². The molecule has 0 aliphatic heterocycles. The van der Waals surface area contributed by atoms with E-state index in [2.05, 4.69) is 11.9 Å².